The highest BCUT2D eigenvalue weighted by Crippen LogP contribution is 2.43. The Morgan fingerprint density at radius 1 is 1.14 bits per heavy atom. The predicted molar refractivity (Wildman–Crippen MR) is 138 cm³/mol. The lowest BCUT2D eigenvalue weighted by molar-refractivity contribution is -0.152. The number of halogens is 1. The van der Waals surface area contributed by atoms with Crippen LogP contribution in [0.15, 0.2) is 60.7 Å². The minimum atomic E-state index is -3.83. The van der Waals surface area contributed by atoms with Crippen molar-refractivity contribution in [2.45, 2.75) is 51.0 Å². The van der Waals surface area contributed by atoms with Crippen LogP contribution in [-0.4, -0.2) is 26.1 Å². The molecule has 0 amide bonds. The summed E-state index contributed by atoms with van der Waals surface area (Å²) in [6, 6.07) is 17.2. The van der Waals surface area contributed by atoms with E-state index in [0.29, 0.717) is 35.3 Å². The molecule has 190 valence electrons. The summed E-state index contributed by atoms with van der Waals surface area (Å²) in [6.07, 6.45) is 1.72. The second kappa shape index (κ2) is 10.3. The Morgan fingerprint density at radius 3 is 2.58 bits per heavy atom. The Hall–Kier alpha value is -3.39. The Balaban J connectivity index is 1.83. The number of aryl methyl sites for hydroxylation is 2. The first-order valence-corrected chi connectivity index (χ1v) is 13.7. The minimum Gasteiger partial charge on any atom is -0.493 e. The Labute approximate surface area is 211 Å². The summed E-state index contributed by atoms with van der Waals surface area (Å²) in [5.74, 6) is -1.09. The molecule has 6 nitrogen and oxygen atoms in total. The maximum Gasteiger partial charge on any atom is 0.346 e. The number of ether oxygens (including phenoxy) is 1. The van der Waals surface area contributed by atoms with Crippen molar-refractivity contribution >= 4 is 21.7 Å². The number of hydrogen-bond acceptors (Lipinski definition) is 4. The number of alkyl halides is 1. The molecule has 2 N–H and O–H groups in total. The highest BCUT2D eigenvalue weighted by Gasteiger charge is 2.42. The van der Waals surface area contributed by atoms with E-state index < -0.39 is 21.7 Å². The number of aliphatic carboxylic acids is 1. The van der Waals surface area contributed by atoms with Crippen molar-refractivity contribution in [1.29, 1.82) is 0 Å². The fourth-order valence-electron chi connectivity index (χ4n) is 4.77. The molecule has 8 heteroatoms. The van der Waals surface area contributed by atoms with Crippen molar-refractivity contribution in [3.05, 3.63) is 82.9 Å². The molecule has 1 atom stereocenters. The minimum absolute atomic E-state index is 0.0639. The number of benzene rings is 3. The quantitative estimate of drug-likeness (QED) is 0.369. The van der Waals surface area contributed by atoms with E-state index in [4.69, 9.17) is 4.74 Å². The Morgan fingerprint density at radius 2 is 1.89 bits per heavy atom. The lowest BCUT2D eigenvalue weighted by Crippen LogP contribution is -2.32. The number of carboxylic acids is 1. The Kier molecular flexibility index (Phi) is 7.36. The van der Waals surface area contributed by atoms with Gasteiger partial charge in [-0.25, -0.2) is 17.6 Å². The van der Waals surface area contributed by atoms with Crippen molar-refractivity contribution in [2.24, 2.45) is 0 Å². The first kappa shape index (κ1) is 25.7. The molecular weight excluding hydrogens is 481 g/mol. The standard InChI is InChI=1S/C28H30FNO5S/c1-3-13-28(29,27(31)32)24-17-23(30-36(33,34)18-20-8-5-4-6-9-20)15-19(2)26(24)22-11-12-25-21(16-22)10-7-14-35-25/h4-6,8-9,11-12,15-17,30H,3,7,10,13-14,18H2,1-2H3,(H,31,32). The van der Waals surface area contributed by atoms with Gasteiger partial charge in [0.1, 0.15) is 5.75 Å². The van der Waals surface area contributed by atoms with Crippen LogP contribution in [0.1, 0.15) is 48.4 Å². The van der Waals surface area contributed by atoms with E-state index in [1.165, 1.54) is 6.07 Å². The zero-order valence-electron chi connectivity index (χ0n) is 20.4. The lowest BCUT2D eigenvalue weighted by atomic mass is 9.82. The molecule has 1 heterocycles. The number of nitrogens with one attached hydrogen (secondary N) is 1. The summed E-state index contributed by atoms with van der Waals surface area (Å²) in [7, 11) is -3.83. The average Bonchev–Trinajstić information content (AvgIpc) is 2.83. The maximum atomic E-state index is 16.3. The molecule has 0 saturated heterocycles. The molecule has 0 aromatic heterocycles. The maximum absolute atomic E-state index is 16.3. The van der Waals surface area contributed by atoms with E-state index in [-0.39, 0.29) is 23.4 Å². The number of hydrogen-bond donors (Lipinski definition) is 2. The third-order valence-electron chi connectivity index (χ3n) is 6.37. The number of carboxylic acid groups (broad SMARTS) is 1. The molecule has 1 aliphatic heterocycles. The zero-order chi connectivity index (χ0) is 25.9. The molecule has 4 rings (SSSR count). The molecule has 0 bridgehead atoms. The van der Waals surface area contributed by atoms with Gasteiger partial charge >= 0.3 is 5.97 Å². The largest absolute Gasteiger partial charge is 0.493 e. The molecule has 36 heavy (non-hydrogen) atoms. The second-order valence-electron chi connectivity index (χ2n) is 9.19. The Bertz CT molecular complexity index is 1370. The van der Waals surface area contributed by atoms with Gasteiger partial charge < -0.3 is 9.84 Å². The first-order valence-electron chi connectivity index (χ1n) is 12.0. The predicted octanol–water partition coefficient (Wildman–Crippen LogP) is 5.98. The van der Waals surface area contributed by atoms with Crippen molar-refractivity contribution in [3.63, 3.8) is 0 Å². The van der Waals surface area contributed by atoms with Gasteiger partial charge in [-0.1, -0.05) is 49.7 Å². The summed E-state index contributed by atoms with van der Waals surface area (Å²) in [5, 5.41) is 9.96. The van der Waals surface area contributed by atoms with Gasteiger partial charge in [-0.3, -0.25) is 4.72 Å². The van der Waals surface area contributed by atoms with Gasteiger partial charge in [0.15, 0.2) is 0 Å². The number of sulfonamides is 1. The number of anilines is 1. The van der Waals surface area contributed by atoms with Crippen LogP contribution in [0.2, 0.25) is 0 Å². The van der Waals surface area contributed by atoms with Crippen LogP contribution in [0, 0.1) is 6.92 Å². The summed E-state index contributed by atoms with van der Waals surface area (Å²) in [5.41, 5.74) is 0.646. The molecule has 0 aliphatic carbocycles. The van der Waals surface area contributed by atoms with E-state index in [2.05, 4.69) is 4.72 Å². The second-order valence-corrected chi connectivity index (χ2v) is 10.9. The molecule has 3 aromatic rings. The topological polar surface area (TPSA) is 92.7 Å². The van der Waals surface area contributed by atoms with Gasteiger partial charge in [-0.05, 0) is 78.3 Å². The smallest absolute Gasteiger partial charge is 0.346 e. The monoisotopic (exact) mass is 511 g/mol. The normalized spacial score (nSPS) is 14.9. The van der Waals surface area contributed by atoms with Gasteiger partial charge in [0, 0.05) is 11.3 Å². The highest BCUT2D eigenvalue weighted by molar-refractivity contribution is 7.91. The average molecular weight is 512 g/mol. The molecule has 0 fully saturated rings. The van der Waals surface area contributed by atoms with E-state index in [9.17, 15) is 18.3 Å². The van der Waals surface area contributed by atoms with E-state index in [0.717, 1.165) is 24.2 Å². The molecule has 0 saturated carbocycles. The lowest BCUT2D eigenvalue weighted by Gasteiger charge is -2.27. The van der Waals surface area contributed by atoms with Crippen molar-refractivity contribution in [1.82, 2.24) is 0 Å². The molecule has 1 aliphatic rings. The zero-order valence-corrected chi connectivity index (χ0v) is 21.2. The van der Waals surface area contributed by atoms with Crippen molar-refractivity contribution < 1.29 is 27.4 Å². The third-order valence-corrected chi connectivity index (χ3v) is 7.63. The van der Waals surface area contributed by atoms with Gasteiger partial charge in [-0.15, -0.1) is 0 Å². The summed E-state index contributed by atoms with van der Waals surface area (Å²) >= 11 is 0. The fraction of sp³-hybridized carbons (Fsp3) is 0.321. The number of fused-ring (bicyclic) bond motifs is 1. The molecule has 3 aromatic carbocycles. The van der Waals surface area contributed by atoms with Gasteiger partial charge in [0.05, 0.1) is 12.4 Å². The van der Waals surface area contributed by atoms with Crippen LogP contribution in [0.5, 0.6) is 5.75 Å². The van der Waals surface area contributed by atoms with Crippen molar-refractivity contribution in [2.75, 3.05) is 11.3 Å². The summed E-state index contributed by atoms with van der Waals surface area (Å²) in [6.45, 7) is 4.09. The molecular formula is C28H30FNO5S. The molecule has 1 unspecified atom stereocenters. The first-order chi connectivity index (χ1) is 17.1. The van der Waals surface area contributed by atoms with Gasteiger partial charge in [0.2, 0.25) is 15.7 Å². The number of carbonyl (C=O) groups is 1. The summed E-state index contributed by atoms with van der Waals surface area (Å²) in [4.78, 5) is 12.2. The fourth-order valence-corrected chi connectivity index (χ4v) is 5.95. The van der Waals surface area contributed by atoms with E-state index in [1.807, 2.05) is 12.1 Å². The van der Waals surface area contributed by atoms with Crippen LogP contribution in [0.4, 0.5) is 10.1 Å². The van der Waals surface area contributed by atoms with Crippen molar-refractivity contribution in [3.8, 4) is 16.9 Å². The van der Waals surface area contributed by atoms with Crippen LogP contribution in [-0.2, 0) is 32.7 Å². The third kappa shape index (κ3) is 5.38. The number of rotatable bonds is 9. The van der Waals surface area contributed by atoms with Crippen LogP contribution >= 0.6 is 0 Å². The van der Waals surface area contributed by atoms with Crippen LogP contribution in [0.3, 0.4) is 0 Å². The van der Waals surface area contributed by atoms with Crippen LogP contribution < -0.4 is 9.46 Å². The highest BCUT2D eigenvalue weighted by atomic mass is 32.2. The molecule has 0 radical (unpaired) electrons. The molecule has 0 spiro atoms. The van der Waals surface area contributed by atoms with Gasteiger partial charge in [-0.2, -0.15) is 0 Å². The van der Waals surface area contributed by atoms with E-state index in [1.54, 1.807) is 56.3 Å². The SMILES string of the molecule is CCCC(F)(C(=O)O)c1cc(NS(=O)(=O)Cc2ccccc2)cc(C)c1-c1ccc2c(c1)CCCO2. The van der Waals surface area contributed by atoms with Gasteiger partial charge in [0.25, 0.3) is 0 Å². The van der Waals surface area contributed by atoms with Crippen LogP contribution in [0.25, 0.3) is 11.1 Å². The van der Waals surface area contributed by atoms with E-state index >= 15 is 4.39 Å². The summed E-state index contributed by atoms with van der Waals surface area (Å²) < 4.78 is 50.3.